The molecular weight excluding hydrogens is 272 g/mol. The number of piperidine rings is 1. The Bertz CT molecular complexity index is 706. The number of H-pyrrole nitrogens is 1. The van der Waals surface area contributed by atoms with Gasteiger partial charge in [0.1, 0.15) is 0 Å². The normalized spacial score (nSPS) is 18.7. The highest BCUT2D eigenvalue weighted by Crippen LogP contribution is 2.25. The molecular formula is C14H16N4O3. The zero-order valence-corrected chi connectivity index (χ0v) is 11.7. The Kier molecular flexibility index (Phi) is 3.55. The molecule has 7 heteroatoms. The first-order valence-electron chi connectivity index (χ1n) is 6.91. The molecule has 7 nitrogen and oxygen atoms in total. The van der Waals surface area contributed by atoms with E-state index in [1.807, 2.05) is 0 Å². The average molecular weight is 288 g/mol. The number of aryl methyl sites for hydroxylation is 1. The standard InChI is InChI=1S/C14H16N4O3/c1-9-7-12(21-17-9)13(19)18-6-2-3-10(8-18)11-4-5-15-14(20)16-11/h4-5,7,10H,2-3,6,8H2,1H3,(H,15,16,20)/t10-/m0/s1. The van der Waals surface area contributed by atoms with E-state index in [-0.39, 0.29) is 23.3 Å². The summed E-state index contributed by atoms with van der Waals surface area (Å²) in [6.07, 6.45) is 3.31. The van der Waals surface area contributed by atoms with E-state index in [9.17, 15) is 9.59 Å². The third kappa shape index (κ3) is 2.86. The molecule has 2 aromatic heterocycles. The molecule has 3 rings (SSSR count). The zero-order valence-electron chi connectivity index (χ0n) is 11.7. The van der Waals surface area contributed by atoms with Crippen LogP contribution in [0.2, 0.25) is 0 Å². The fourth-order valence-electron chi connectivity index (χ4n) is 2.66. The number of rotatable bonds is 2. The van der Waals surface area contributed by atoms with E-state index in [1.54, 1.807) is 24.0 Å². The van der Waals surface area contributed by atoms with E-state index in [4.69, 9.17) is 4.52 Å². The Morgan fingerprint density at radius 1 is 1.52 bits per heavy atom. The van der Waals surface area contributed by atoms with Crippen LogP contribution in [0.4, 0.5) is 0 Å². The Hall–Kier alpha value is -2.44. The minimum Gasteiger partial charge on any atom is -0.351 e. The first-order valence-corrected chi connectivity index (χ1v) is 6.91. The topological polar surface area (TPSA) is 92.1 Å². The van der Waals surface area contributed by atoms with Crippen molar-refractivity contribution in [3.05, 3.63) is 46.0 Å². The lowest BCUT2D eigenvalue weighted by Crippen LogP contribution is -2.39. The number of hydrogen-bond donors (Lipinski definition) is 1. The molecule has 1 atom stereocenters. The lowest BCUT2D eigenvalue weighted by molar-refractivity contribution is 0.0663. The summed E-state index contributed by atoms with van der Waals surface area (Å²) in [5.74, 6) is 0.218. The van der Waals surface area contributed by atoms with Gasteiger partial charge in [-0.3, -0.25) is 4.79 Å². The Morgan fingerprint density at radius 3 is 3.10 bits per heavy atom. The van der Waals surface area contributed by atoms with Crippen LogP contribution < -0.4 is 5.69 Å². The molecule has 2 aromatic rings. The van der Waals surface area contributed by atoms with Gasteiger partial charge in [0, 0.05) is 37.0 Å². The highest BCUT2D eigenvalue weighted by atomic mass is 16.5. The lowest BCUT2D eigenvalue weighted by Gasteiger charge is -2.31. The number of aromatic amines is 1. The van der Waals surface area contributed by atoms with E-state index >= 15 is 0 Å². The predicted octanol–water partition coefficient (Wildman–Crippen LogP) is 1.09. The fourth-order valence-corrected chi connectivity index (χ4v) is 2.66. The van der Waals surface area contributed by atoms with Crippen LogP contribution in [-0.4, -0.2) is 39.0 Å². The number of aromatic nitrogens is 3. The van der Waals surface area contributed by atoms with Crippen molar-refractivity contribution < 1.29 is 9.32 Å². The predicted molar refractivity (Wildman–Crippen MR) is 74.0 cm³/mol. The van der Waals surface area contributed by atoms with Gasteiger partial charge in [0.25, 0.3) is 5.91 Å². The lowest BCUT2D eigenvalue weighted by atomic mass is 9.94. The van der Waals surface area contributed by atoms with Crippen LogP contribution in [0, 0.1) is 6.92 Å². The van der Waals surface area contributed by atoms with Crippen LogP contribution in [0.1, 0.15) is 40.7 Å². The van der Waals surface area contributed by atoms with Crippen molar-refractivity contribution in [2.45, 2.75) is 25.7 Å². The van der Waals surface area contributed by atoms with Gasteiger partial charge < -0.3 is 14.4 Å². The maximum atomic E-state index is 12.4. The number of likely N-dealkylation sites (tertiary alicyclic amines) is 1. The van der Waals surface area contributed by atoms with E-state index in [0.717, 1.165) is 18.5 Å². The number of carbonyl (C=O) groups excluding carboxylic acids is 1. The molecule has 0 bridgehead atoms. The van der Waals surface area contributed by atoms with Gasteiger partial charge in [-0.2, -0.15) is 0 Å². The molecule has 0 radical (unpaired) electrons. The van der Waals surface area contributed by atoms with Gasteiger partial charge in [0.15, 0.2) is 0 Å². The molecule has 0 aromatic carbocycles. The van der Waals surface area contributed by atoms with Gasteiger partial charge in [-0.05, 0) is 25.8 Å². The maximum Gasteiger partial charge on any atom is 0.345 e. The smallest absolute Gasteiger partial charge is 0.345 e. The fraction of sp³-hybridized carbons (Fsp3) is 0.429. The third-order valence-electron chi connectivity index (χ3n) is 3.68. The number of amides is 1. The van der Waals surface area contributed by atoms with Crippen molar-refractivity contribution in [1.29, 1.82) is 0 Å². The third-order valence-corrected chi connectivity index (χ3v) is 3.68. The van der Waals surface area contributed by atoms with E-state index < -0.39 is 0 Å². The second-order valence-corrected chi connectivity index (χ2v) is 5.25. The largest absolute Gasteiger partial charge is 0.351 e. The zero-order chi connectivity index (χ0) is 14.8. The van der Waals surface area contributed by atoms with Gasteiger partial charge >= 0.3 is 5.69 Å². The highest BCUT2D eigenvalue weighted by Gasteiger charge is 2.27. The minimum absolute atomic E-state index is 0.113. The summed E-state index contributed by atoms with van der Waals surface area (Å²) < 4.78 is 5.03. The molecule has 1 aliphatic heterocycles. The van der Waals surface area contributed by atoms with Crippen molar-refractivity contribution in [1.82, 2.24) is 20.0 Å². The molecule has 0 spiro atoms. The Balaban J connectivity index is 1.77. The first kappa shape index (κ1) is 13.5. The molecule has 1 aliphatic rings. The van der Waals surface area contributed by atoms with E-state index in [2.05, 4.69) is 15.1 Å². The van der Waals surface area contributed by atoms with Crippen molar-refractivity contribution in [3.8, 4) is 0 Å². The van der Waals surface area contributed by atoms with Crippen molar-refractivity contribution in [3.63, 3.8) is 0 Å². The van der Waals surface area contributed by atoms with Crippen LogP contribution in [0.15, 0.2) is 27.6 Å². The number of hydrogen-bond acceptors (Lipinski definition) is 5. The average Bonchev–Trinajstić information content (AvgIpc) is 2.93. The van der Waals surface area contributed by atoms with Crippen LogP contribution >= 0.6 is 0 Å². The minimum atomic E-state index is -0.359. The molecule has 3 heterocycles. The summed E-state index contributed by atoms with van der Waals surface area (Å²) in [6, 6.07) is 3.43. The highest BCUT2D eigenvalue weighted by molar-refractivity contribution is 5.91. The summed E-state index contributed by atoms with van der Waals surface area (Å²) in [4.78, 5) is 31.8. The first-order chi connectivity index (χ1) is 10.1. The van der Waals surface area contributed by atoms with Crippen LogP contribution in [0.25, 0.3) is 0 Å². The molecule has 0 unspecified atom stereocenters. The molecule has 1 amide bonds. The van der Waals surface area contributed by atoms with Crippen molar-refractivity contribution >= 4 is 5.91 Å². The van der Waals surface area contributed by atoms with E-state index in [0.29, 0.717) is 18.8 Å². The van der Waals surface area contributed by atoms with Gasteiger partial charge in [-0.15, -0.1) is 0 Å². The number of nitrogens with one attached hydrogen (secondary N) is 1. The summed E-state index contributed by atoms with van der Waals surface area (Å²) in [5, 5.41) is 3.74. The maximum absolute atomic E-state index is 12.4. The second kappa shape index (κ2) is 5.51. The monoisotopic (exact) mass is 288 g/mol. The van der Waals surface area contributed by atoms with Crippen molar-refractivity contribution in [2.24, 2.45) is 0 Å². The summed E-state index contributed by atoms with van der Waals surface area (Å²) in [5.41, 5.74) is 1.15. The Labute approximate surface area is 121 Å². The second-order valence-electron chi connectivity index (χ2n) is 5.25. The summed E-state index contributed by atoms with van der Waals surface area (Å²) in [7, 11) is 0. The SMILES string of the molecule is Cc1cc(C(=O)N2CCC[C@H](c3ccnc(=O)[nH]3)C2)on1. The molecule has 1 saturated heterocycles. The van der Waals surface area contributed by atoms with Crippen LogP contribution in [0.5, 0.6) is 0 Å². The number of carbonyl (C=O) groups is 1. The Morgan fingerprint density at radius 2 is 2.38 bits per heavy atom. The van der Waals surface area contributed by atoms with Gasteiger partial charge in [0.2, 0.25) is 5.76 Å². The van der Waals surface area contributed by atoms with Gasteiger partial charge in [-0.25, -0.2) is 9.78 Å². The molecule has 1 N–H and O–H groups in total. The summed E-state index contributed by atoms with van der Waals surface area (Å²) >= 11 is 0. The molecule has 21 heavy (non-hydrogen) atoms. The molecule has 1 fully saturated rings. The molecule has 0 saturated carbocycles. The van der Waals surface area contributed by atoms with Crippen LogP contribution in [0.3, 0.4) is 0 Å². The summed E-state index contributed by atoms with van der Waals surface area (Å²) in [6.45, 7) is 3.02. The quantitative estimate of drug-likeness (QED) is 0.893. The van der Waals surface area contributed by atoms with Gasteiger partial charge in [-0.1, -0.05) is 5.16 Å². The molecule has 0 aliphatic carbocycles. The van der Waals surface area contributed by atoms with Crippen molar-refractivity contribution in [2.75, 3.05) is 13.1 Å². The van der Waals surface area contributed by atoms with E-state index in [1.165, 1.54) is 6.20 Å². The van der Waals surface area contributed by atoms with Crippen LogP contribution in [-0.2, 0) is 0 Å². The molecule has 110 valence electrons. The van der Waals surface area contributed by atoms with Gasteiger partial charge in [0.05, 0.1) is 5.69 Å². The number of nitrogens with zero attached hydrogens (tertiary/aromatic N) is 3.